The molecule has 16 heavy (non-hydrogen) atoms. The van der Waals surface area contributed by atoms with E-state index in [2.05, 4.69) is 0 Å². The van der Waals surface area contributed by atoms with Crippen molar-refractivity contribution in [2.24, 2.45) is 0 Å². The summed E-state index contributed by atoms with van der Waals surface area (Å²) in [7, 11) is 1.65. The van der Waals surface area contributed by atoms with Gasteiger partial charge in [0, 0.05) is 7.05 Å². The van der Waals surface area contributed by atoms with Crippen molar-refractivity contribution in [1.29, 1.82) is 0 Å². The molecule has 0 saturated carbocycles. The highest BCUT2D eigenvalue weighted by molar-refractivity contribution is 8.00. The first kappa shape index (κ1) is 13.3. The molecule has 1 aliphatic rings. The number of nitrogens with zero attached hydrogens (tertiary/aromatic N) is 2. The highest BCUT2D eigenvalue weighted by Crippen LogP contribution is 2.16. The molecule has 0 aromatic carbocycles. The van der Waals surface area contributed by atoms with E-state index in [0.717, 1.165) is 0 Å². The summed E-state index contributed by atoms with van der Waals surface area (Å²) in [6, 6.07) is 0. The standard InChI is InChI=1S/C10H18N2O3S/c1-10(2,6-13)11(3)8(14)4-12-7-16-5-9(12)15/h13H,4-7H2,1-3H3. The number of likely N-dealkylation sites (N-methyl/N-ethyl adjacent to an activating group) is 1. The predicted octanol–water partition coefficient (Wildman–Crippen LogP) is -0.251. The van der Waals surface area contributed by atoms with Crippen LogP contribution in [0.1, 0.15) is 13.8 Å². The smallest absolute Gasteiger partial charge is 0.242 e. The zero-order valence-electron chi connectivity index (χ0n) is 9.89. The summed E-state index contributed by atoms with van der Waals surface area (Å²) in [5.74, 6) is 0.904. The van der Waals surface area contributed by atoms with Crippen LogP contribution in [-0.4, -0.2) is 64.1 Å². The van der Waals surface area contributed by atoms with E-state index in [4.69, 9.17) is 5.11 Å². The maximum absolute atomic E-state index is 11.9. The van der Waals surface area contributed by atoms with Crippen LogP contribution < -0.4 is 0 Å². The van der Waals surface area contributed by atoms with E-state index in [-0.39, 0.29) is 25.0 Å². The second kappa shape index (κ2) is 5.05. The quantitative estimate of drug-likeness (QED) is 0.743. The van der Waals surface area contributed by atoms with Gasteiger partial charge < -0.3 is 14.9 Å². The first-order chi connectivity index (χ1) is 7.38. The van der Waals surface area contributed by atoms with Crippen LogP contribution >= 0.6 is 11.8 Å². The number of carbonyl (C=O) groups excluding carboxylic acids is 2. The summed E-state index contributed by atoms with van der Waals surface area (Å²) in [6.07, 6.45) is 0. The first-order valence-electron chi connectivity index (χ1n) is 5.11. The van der Waals surface area contributed by atoms with Crippen molar-refractivity contribution >= 4 is 23.6 Å². The van der Waals surface area contributed by atoms with Crippen LogP contribution in [0.15, 0.2) is 0 Å². The summed E-state index contributed by atoms with van der Waals surface area (Å²) >= 11 is 1.51. The SMILES string of the molecule is CN(C(=O)CN1CSCC1=O)C(C)(C)CO. The second-order valence-corrected chi connectivity index (χ2v) is 5.45. The minimum absolute atomic E-state index is 0.00792. The van der Waals surface area contributed by atoms with E-state index >= 15 is 0 Å². The molecule has 0 atom stereocenters. The normalized spacial score (nSPS) is 16.8. The maximum Gasteiger partial charge on any atom is 0.242 e. The molecule has 0 radical (unpaired) electrons. The molecule has 0 spiro atoms. The molecule has 0 aromatic rings. The van der Waals surface area contributed by atoms with Crippen molar-refractivity contribution < 1.29 is 14.7 Å². The van der Waals surface area contributed by atoms with E-state index in [1.54, 1.807) is 20.9 Å². The highest BCUT2D eigenvalue weighted by atomic mass is 32.2. The topological polar surface area (TPSA) is 60.9 Å². The monoisotopic (exact) mass is 246 g/mol. The Morgan fingerprint density at radius 2 is 2.25 bits per heavy atom. The Hall–Kier alpha value is -0.750. The van der Waals surface area contributed by atoms with Gasteiger partial charge in [-0.15, -0.1) is 11.8 Å². The number of thioether (sulfide) groups is 1. The Labute approximate surface area is 99.8 Å². The number of amides is 2. The zero-order valence-corrected chi connectivity index (χ0v) is 10.7. The van der Waals surface area contributed by atoms with E-state index in [1.165, 1.54) is 21.6 Å². The fraction of sp³-hybridized carbons (Fsp3) is 0.800. The van der Waals surface area contributed by atoms with Crippen LogP contribution in [0.4, 0.5) is 0 Å². The van der Waals surface area contributed by atoms with Crippen LogP contribution in [-0.2, 0) is 9.59 Å². The molecule has 1 aliphatic heterocycles. The van der Waals surface area contributed by atoms with Gasteiger partial charge in [-0.1, -0.05) is 0 Å². The summed E-state index contributed by atoms with van der Waals surface area (Å²) in [5.41, 5.74) is -0.590. The van der Waals surface area contributed by atoms with Crippen LogP contribution in [0.25, 0.3) is 0 Å². The van der Waals surface area contributed by atoms with E-state index in [1.807, 2.05) is 0 Å². The molecule has 1 saturated heterocycles. The Kier molecular flexibility index (Phi) is 4.21. The molecule has 0 aliphatic carbocycles. The Morgan fingerprint density at radius 3 is 2.69 bits per heavy atom. The lowest BCUT2D eigenvalue weighted by Gasteiger charge is -2.34. The zero-order chi connectivity index (χ0) is 12.3. The van der Waals surface area contributed by atoms with Gasteiger partial charge in [-0.2, -0.15) is 0 Å². The van der Waals surface area contributed by atoms with Gasteiger partial charge in [-0.05, 0) is 13.8 Å². The minimum Gasteiger partial charge on any atom is -0.394 e. The third kappa shape index (κ3) is 2.89. The molecule has 1 rings (SSSR count). The molecule has 2 amide bonds. The fourth-order valence-electron chi connectivity index (χ4n) is 1.25. The third-order valence-electron chi connectivity index (χ3n) is 2.82. The maximum atomic E-state index is 11.9. The number of carbonyl (C=O) groups is 2. The number of hydrogen-bond donors (Lipinski definition) is 1. The van der Waals surface area contributed by atoms with Gasteiger partial charge in [0.05, 0.1) is 23.8 Å². The highest BCUT2D eigenvalue weighted by Gasteiger charge is 2.30. The average Bonchev–Trinajstić information content (AvgIpc) is 2.63. The van der Waals surface area contributed by atoms with E-state index in [9.17, 15) is 9.59 Å². The molecule has 6 heteroatoms. The summed E-state index contributed by atoms with van der Waals surface area (Å²) < 4.78 is 0. The lowest BCUT2D eigenvalue weighted by Crippen LogP contribution is -2.51. The van der Waals surface area contributed by atoms with Crippen LogP contribution in [0, 0.1) is 0 Å². The van der Waals surface area contributed by atoms with Crippen molar-refractivity contribution in [2.45, 2.75) is 19.4 Å². The van der Waals surface area contributed by atoms with Crippen LogP contribution in [0.5, 0.6) is 0 Å². The molecule has 92 valence electrons. The molecule has 5 nitrogen and oxygen atoms in total. The van der Waals surface area contributed by atoms with Gasteiger partial charge in [0.1, 0.15) is 6.54 Å². The van der Waals surface area contributed by atoms with Crippen LogP contribution in [0.2, 0.25) is 0 Å². The van der Waals surface area contributed by atoms with Crippen molar-refractivity contribution in [3.8, 4) is 0 Å². The molecular formula is C10H18N2O3S. The van der Waals surface area contributed by atoms with Crippen molar-refractivity contribution in [3.05, 3.63) is 0 Å². The second-order valence-electron chi connectivity index (χ2n) is 4.49. The molecular weight excluding hydrogens is 228 g/mol. The number of hydrogen-bond acceptors (Lipinski definition) is 4. The molecule has 0 bridgehead atoms. The molecule has 1 N–H and O–H groups in total. The van der Waals surface area contributed by atoms with Crippen LogP contribution in [0.3, 0.4) is 0 Å². The summed E-state index contributed by atoms with van der Waals surface area (Å²) in [5, 5.41) is 9.15. The minimum atomic E-state index is -0.590. The first-order valence-corrected chi connectivity index (χ1v) is 6.27. The number of rotatable bonds is 4. The number of aliphatic hydroxyl groups is 1. The van der Waals surface area contributed by atoms with Gasteiger partial charge >= 0.3 is 0 Å². The summed E-state index contributed by atoms with van der Waals surface area (Å²) in [4.78, 5) is 26.2. The van der Waals surface area contributed by atoms with Gasteiger partial charge in [0.15, 0.2) is 0 Å². The Bertz CT molecular complexity index is 294. The lowest BCUT2D eigenvalue weighted by atomic mass is 10.1. The fourth-order valence-corrected chi connectivity index (χ4v) is 2.16. The largest absolute Gasteiger partial charge is 0.394 e. The van der Waals surface area contributed by atoms with Gasteiger partial charge in [-0.25, -0.2) is 0 Å². The van der Waals surface area contributed by atoms with Gasteiger partial charge in [0.25, 0.3) is 0 Å². The third-order valence-corrected chi connectivity index (χ3v) is 3.77. The molecule has 0 aromatic heterocycles. The summed E-state index contributed by atoms with van der Waals surface area (Å²) in [6.45, 7) is 3.57. The van der Waals surface area contributed by atoms with E-state index in [0.29, 0.717) is 11.6 Å². The number of aliphatic hydroxyl groups excluding tert-OH is 1. The predicted molar refractivity (Wildman–Crippen MR) is 63.0 cm³/mol. The van der Waals surface area contributed by atoms with Gasteiger partial charge in [-0.3, -0.25) is 9.59 Å². The molecule has 1 heterocycles. The molecule has 1 fully saturated rings. The Morgan fingerprint density at radius 1 is 1.62 bits per heavy atom. The average molecular weight is 246 g/mol. The Balaban J connectivity index is 2.55. The van der Waals surface area contributed by atoms with Gasteiger partial charge in [0.2, 0.25) is 11.8 Å². The van der Waals surface area contributed by atoms with Crippen molar-refractivity contribution in [1.82, 2.24) is 9.80 Å². The van der Waals surface area contributed by atoms with E-state index < -0.39 is 5.54 Å². The van der Waals surface area contributed by atoms with Crippen molar-refractivity contribution in [2.75, 3.05) is 31.8 Å². The lowest BCUT2D eigenvalue weighted by molar-refractivity contribution is -0.141. The molecule has 0 unspecified atom stereocenters. The van der Waals surface area contributed by atoms with Crippen molar-refractivity contribution in [3.63, 3.8) is 0 Å².